The molecule has 10 aromatic rings. The van der Waals surface area contributed by atoms with Crippen molar-refractivity contribution in [3.63, 3.8) is 0 Å². The van der Waals surface area contributed by atoms with E-state index in [0.717, 1.165) is 22.8 Å². The third-order valence-corrected chi connectivity index (χ3v) is 15.4. The number of hydrogen-bond donors (Lipinski definition) is 0. The van der Waals surface area contributed by atoms with Gasteiger partial charge in [-0.25, -0.2) is 0 Å². The Morgan fingerprint density at radius 3 is 0.580 bits per heavy atom. The van der Waals surface area contributed by atoms with Crippen LogP contribution in [-0.2, 0) is 27.6 Å². The number of pyridine rings is 4. The molecule has 4 nitrogen and oxygen atoms in total. The van der Waals surface area contributed by atoms with Gasteiger partial charge in [-0.1, -0.05) is 132 Å². The van der Waals surface area contributed by atoms with Crippen LogP contribution >= 0.6 is 0 Å². The van der Waals surface area contributed by atoms with Crippen LogP contribution < -0.4 is 18.3 Å². The summed E-state index contributed by atoms with van der Waals surface area (Å²) in [6.07, 6.45) is 0. The highest BCUT2D eigenvalue weighted by Gasteiger charge is 2.83. The largest absolute Gasteiger partial charge is 0.772 e. The van der Waals surface area contributed by atoms with Gasteiger partial charge in [0.1, 0.15) is 0 Å². The van der Waals surface area contributed by atoms with E-state index in [1.165, 1.54) is 88.1 Å². The van der Waals surface area contributed by atoms with Crippen molar-refractivity contribution in [3.8, 4) is 45.0 Å². The van der Waals surface area contributed by atoms with Crippen LogP contribution in [0.1, 0.15) is 105 Å². The lowest BCUT2D eigenvalue weighted by Crippen LogP contribution is -2.95. The van der Waals surface area contributed by atoms with Crippen molar-refractivity contribution in [2.45, 2.75) is 111 Å². The second-order valence-corrected chi connectivity index (χ2v) is 24.0. The zero-order valence-corrected chi connectivity index (χ0v) is 42.5. The summed E-state index contributed by atoms with van der Waals surface area (Å²) in [6.45, 7) is 27.6. The highest BCUT2D eigenvalue weighted by Crippen LogP contribution is 2.41. The second kappa shape index (κ2) is 14.5. The maximum absolute atomic E-state index is 2.72. The van der Waals surface area contributed by atoms with E-state index < -0.39 is 5.91 Å². The number of fused-ring (bicyclic) bond motifs is 4. The zero-order chi connectivity index (χ0) is 48.2. The molecule has 0 saturated carbocycles. The van der Waals surface area contributed by atoms with E-state index >= 15 is 0 Å². The summed E-state index contributed by atoms with van der Waals surface area (Å²) in [6, 6.07) is 65.8. The fourth-order valence-corrected chi connectivity index (χ4v) is 11.5. The predicted octanol–water partition coefficient (Wildman–Crippen LogP) is 14.1. The van der Waals surface area contributed by atoms with Gasteiger partial charge in [0, 0.05) is 64.8 Å². The smallest absolute Gasteiger partial charge is 0.0577 e. The van der Waals surface area contributed by atoms with Crippen molar-refractivity contribution < 1.29 is 18.3 Å². The van der Waals surface area contributed by atoms with E-state index in [4.69, 9.17) is 0 Å². The Hall–Kier alpha value is -7.04. The third-order valence-electron chi connectivity index (χ3n) is 15.4. The Bertz CT molecular complexity index is 3250. The van der Waals surface area contributed by atoms with Crippen LogP contribution in [0.3, 0.4) is 0 Å². The first kappa shape index (κ1) is 43.3. The molecular weight excluding hydrogens is 837 g/mol. The Balaban J connectivity index is 1.31. The summed E-state index contributed by atoms with van der Waals surface area (Å²) in [5.41, 5.74) is 19.5. The van der Waals surface area contributed by atoms with E-state index in [-0.39, 0.29) is 21.7 Å². The molecule has 0 fully saturated rings. The minimum atomic E-state index is -1.06. The van der Waals surface area contributed by atoms with Crippen LogP contribution in [0.15, 0.2) is 170 Å². The van der Waals surface area contributed by atoms with Gasteiger partial charge >= 0.3 is 28.0 Å². The topological polar surface area (TPSA) is 15.5 Å². The number of rotatable bonds is 4. The van der Waals surface area contributed by atoms with Gasteiger partial charge in [-0.15, -0.1) is 0 Å². The summed E-state index contributed by atoms with van der Waals surface area (Å²) in [5, 5.41) is 4.80. The predicted molar refractivity (Wildman–Crippen MR) is 284 cm³/mol. The molecule has 0 radical (unpaired) electrons. The lowest BCUT2D eigenvalue weighted by Gasteiger charge is -2.20. The van der Waals surface area contributed by atoms with E-state index in [1.807, 2.05) is 0 Å². The van der Waals surface area contributed by atoms with E-state index in [2.05, 4.69) is 271 Å². The molecule has 2 aliphatic rings. The Labute approximate surface area is 407 Å². The van der Waals surface area contributed by atoms with Gasteiger partial charge in [0.25, 0.3) is 0 Å². The van der Waals surface area contributed by atoms with Crippen LogP contribution in [-0.4, -0.2) is 0 Å². The summed E-state index contributed by atoms with van der Waals surface area (Å²) >= 11 is 0. The van der Waals surface area contributed by atoms with Gasteiger partial charge in [0.15, 0.2) is 0 Å². The molecule has 0 atom stereocenters. The molecule has 4 aromatic heterocycles. The van der Waals surface area contributed by atoms with Gasteiger partial charge in [-0.3, -0.25) is 0 Å². The fraction of sp³-hybridized carbons (Fsp3) is 0.262. The van der Waals surface area contributed by atoms with Crippen molar-refractivity contribution >= 4 is 43.6 Å². The first-order valence-corrected chi connectivity index (χ1v) is 24.9. The third kappa shape index (κ3) is 6.33. The first-order valence-electron chi connectivity index (χ1n) is 24.9. The number of aromatic nitrogens is 4. The van der Waals surface area contributed by atoms with Gasteiger partial charge < -0.3 is 0 Å². The second-order valence-electron chi connectivity index (χ2n) is 24.0. The fourth-order valence-electron chi connectivity index (χ4n) is 11.5. The molecule has 69 heavy (non-hydrogen) atoms. The van der Waals surface area contributed by atoms with E-state index in [0.29, 0.717) is 0 Å². The van der Waals surface area contributed by atoms with Crippen molar-refractivity contribution in [2.24, 2.45) is 0 Å². The number of hydrogen-bond acceptors (Lipinski definition) is 0. The number of nitrogens with zero attached hydrogens (tertiary/aromatic N) is 4. The molecule has 0 saturated heterocycles. The minimum absolute atomic E-state index is 0.0156. The van der Waals surface area contributed by atoms with Gasteiger partial charge in [0.2, 0.25) is 22.8 Å². The van der Waals surface area contributed by atoms with Crippen LogP contribution in [0.2, 0.25) is 0 Å². The van der Waals surface area contributed by atoms with Crippen molar-refractivity contribution in [1.82, 2.24) is 0 Å². The molecular formula is C65H64N4+4. The molecule has 340 valence electrons. The Morgan fingerprint density at radius 1 is 0.232 bits per heavy atom. The molecule has 4 heteroatoms. The average molecular weight is 901 g/mol. The van der Waals surface area contributed by atoms with E-state index in [9.17, 15) is 0 Å². The van der Waals surface area contributed by atoms with Gasteiger partial charge in [-0.05, 0) is 141 Å². The van der Waals surface area contributed by atoms with Gasteiger partial charge in [-0.2, -0.15) is 0 Å². The molecule has 12 rings (SSSR count). The average Bonchev–Trinajstić information content (AvgIpc) is 3.82. The normalized spacial score (nSPS) is 14.2. The molecule has 0 amide bonds. The molecule has 0 aliphatic carbocycles. The Kier molecular flexibility index (Phi) is 9.09. The van der Waals surface area contributed by atoms with Crippen LogP contribution in [0, 0.1) is 0 Å². The van der Waals surface area contributed by atoms with Crippen LogP contribution in [0.4, 0.5) is 0 Å². The molecule has 0 bridgehead atoms. The highest BCUT2D eigenvalue weighted by atomic mass is 15.6. The first-order chi connectivity index (χ1) is 32.7. The summed E-state index contributed by atoms with van der Waals surface area (Å²) in [5.74, 6) is -1.06. The standard InChI is InChI=1S/C65H64N4/c1-61(2,3)49-29-17-41(18-30-49)53-37-25-45-13-14-46-26-38-54(42-19-31-50(32-20-42)62(4,5)6)67-58(46)57(45)66(53)65(67)68-55(43-21-33-51(34-22-43)63(7,8)9)39-27-47-15-16-48-28-40-56(69(65)60(48)59(47)68)44-23-35-52(36-24-44)64(10,11)12/h13-40H,1-12H3/q+4. The Morgan fingerprint density at radius 2 is 0.406 bits per heavy atom. The summed E-state index contributed by atoms with van der Waals surface area (Å²) in [7, 11) is 0. The van der Waals surface area contributed by atoms with Gasteiger partial charge in [0.05, 0.1) is 21.5 Å². The lowest BCUT2D eigenvalue weighted by atomic mass is 9.86. The maximum atomic E-state index is 2.72. The quantitative estimate of drug-likeness (QED) is 0.124. The highest BCUT2D eigenvalue weighted by molar-refractivity contribution is 6.02. The van der Waals surface area contributed by atoms with Crippen molar-refractivity contribution in [2.75, 3.05) is 0 Å². The van der Waals surface area contributed by atoms with Crippen LogP contribution in [0.25, 0.3) is 88.6 Å². The zero-order valence-electron chi connectivity index (χ0n) is 42.5. The molecule has 6 heterocycles. The monoisotopic (exact) mass is 901 g/mol. The molecule has 2 aliphatic heterocycles. The maximum Gasteiger partial charge on any atom is 0.772 e. The van der Waals surface area contributed by atoms with Crippen molar-refractivity contribution in [1.29, 1.82) is 0 Å². The summed E-state index contributed by atoms with van der Waals surface area (Å²) < 4.78 is 10.9. The SMILES string of the molecule is CC(C)(C)c1ccc(-c2ccc3ccc4ccc(-c5ccc(C(C)(C)C)cc5)[n+]5c4c3[n+]2C52[n+]3c(-c4ccc(C(C)(C)C)cc4)ccc4ccc5ccc(-c6ccc(C(C)(C)C)cc6)[n+]2c5c43)cc1. The molecule has 0 N–H and O–H groups in total. The van der Waals surface area contributed by atoms with Crippen molar-refractivity contribution in [3.05, 3.63) is 192 Å². The summed E-state index contributed by atoms with van der Waals surface area (Å²) in [4.78, 5) is 0. The lowest BCUT2D eigenvalue weighted by molar-refractivity contribution is -1.28. The molecule has 6 aromatic carbocycles. The molecule has 0 unspecified atom stereocenters. The number of benzene rings is 6. The van der Waals surface area contributed by atoms with Crippen LogP contribution in [0.5, 0.6) is 0 Å². The van der Waals surface area contributed by atoms with E-state index in [1.54, 1.807) is 0 Å². The minimum Gasteiger partial charge on any atom is -0.0577 e. The molecule has 1 spiro atoms.